The summed E-state index contributed by atoms with van der Waals surface area (Å²) in [5, 5.41) is 22.0. The first-order chi connectivity index (χ1) is 18.4. The first-order valence-corrected chi connectivity index (χ1v) is 12.6. The number of halogens is 1. The van der Waals surface area contributed by atoms with E-state index in [2.05, 4.69) is 36.2 Å². The number of nitrogens with zero attached hydrogens (tertiary/aromatic N) is 8. The first-order valence-electron chi connectivity index (χ1n) is 12.3. The molecule has 2 amide bonds. The molecule has 2 aliphatic heterocycles. The van der Waals surface area contributed by atoms with Crippen molar-refractivity contribution in [2.75, 3.05) is 24.5 Å². The lowest BCUT2D eigenvalue weighted by Gasteiger charge is -2.19. The largest absolute Gasteiger partial charge is 0.355 e. The molecule has 0 saturated carbocycles. The van der Waals surface area contributed by atoms with Crippen molar-refractivity contribution >= 4 is 29.2 Å². The lowest BCUT2D eigenvalue weighted by molar-refractivity contribution is -0.122. The average molecular weight is 533 g/mol. The monoisotopic (exact) mass is 532 g/mol. The normalized spacial score (nSPS) is 18.5. The molecule has 13 heteroatoms. The molecule has 0 radical (unpaired) electrons. The molecule has 2 aliphatic rings. The third-order valence-electron chi connectivity index (χ3n) is 7.13. The van der Waals surface area contributed by atoms with Crippen molar-refractivity contribution in [2.45, 2.75) is 20.0 Å². The maximum absolute atomic E-state index is 12.8. The van der Waals surface area contributed by atoms with E-state index in [0.29, 0.717) is 29.6 Å². The maximum atomic E-state index is 12.8. The van der Waals surface area contributed by atoms with Gasteiger partial charge in [0.25, 0.3) is 5.91 Å². The molecule has 38 heavy (non-hydrogen) atoms. The quantitative estimate of drug-likeness (QED) is 0.364. The Hall–Kier alpha value is -4.32. The van der Waals surface area contributed by atoms with Gasteiger partial charge >= 0.3 is 0 Å². The van der Waals surface area contributed by atoms with E-state index in [1.807, 2.05) is 19.1 Å². The van der Waals surface area contributed by atoms with Gasteiger partial charge in [0.1, 0.15) is 12.1 Å². The van der Waals surface area contributed by atoms with Crippen molar-refractivity contribution < 1.29 is 9.59 Å². The minimum absolute atomic E-state index is 0.0514. The number of pyridine rings is 1. The van der Waals surface area contributed by atoms with Gasteiger partial charge in [0.2, 0.25) is 5.91 Å². The van der Waals surface area contributed by atoms with E-state index in [-0.39, 0.29) is 24.3 Å². The molecule has 2 N–H and O–H groups in total. The molecule has 5 heterocycles. The van der Waals surface area contributed by atoms with Crippen molar-refractivity contribution in [3.05, 3.63) is 76.5 Å². The molecule has 4 aromatic rings. The number of fused-ring (bicyclic) bond motifs is 1. The summed E-state index contributed by atoms with van der Waals surface area (Å²) in [5.74, 6) is 1.17. The molecular formula is C25H25ClN10O2. The Kier molecular flexibility index (Phi) is 6.24. The summed E-state index contributed by atoms with van der Waals surface area (Å²) in [6.07, 6.45) is 4.74. The Morgan fingerprint density at radius 1 is 1.21 bits per heavy atom. The summed E-state index contributed by atoms with van der Waals surface area (Å²) >= 11 is 6.17. The topological polar surface area (TPSA) is 136 Å². The second kappa shape index (κ2) is 9.86. The molecule has 0 spiro atoms. The highest BCUT2D eigenvalue weighted by atomic mass is 35.5. The van der Waals surface area contributed by atoms with Gasteiger partial charge in [0, 0.05) is 49.0 Å². The Labute approximate surface area is 223 Å². The Balaban J connectivity index is 1.09. The number of hydrogen-bond donors (Lipinski definition) is 2. The predicted octanol–water partition coefficient (Wildman–Crippen LogP) is 1.38. The number of aryl methyl sites for hydroxylation is 1. The second-order valence-electron chi connectivity index (χ2n) is 9.57. The smallest absolute Gasteiger partial charge is 0.254 e. The number of tetrazole rings is 1. The maximum Gasteiger partial charge on any atom is 0.254 e. The van der Waals surface area contributed by atoms with Crippen LogP contribution in [0.3, 0.4) is 0 Å². The summed E-state index contributed by atoms with van der Waals surface area (Å²) in [6.45, 7) is 4.96. The molecular weight excluding hydrogens is 508 g/mol. The summed E-state index contributed by atoms with van der Waals surface area (Å²) in [5.41, 5.74) is 3.84. The predicted molar refractivity (Wildman–Crippen MR) is 138 cm³/mol. The molecule has 194 valence electrons. The number of carbonyl (C=O) groups excluding carboxylic acids is 2. The van der Waals surface area contributed by atoms with Crippen LogP contribution in [0.1, 0.15) is 27.2 Å². The van der Waals surface area contributed by atoms with Gasteiger partial charge in [0.05, 0.1) is 29.9 Å². The minimum atomic E-state index is -0.257. The summed E-state index contributed by atoms with van der Waals surface area (Å²) < 4.78 is 3.23. The highest BCUT2D eigenvalue weighted by Gasteiger charge is 2.42. The van der Waals surface area contributed by atoms with Crippen LogP contribution in [-0.2, 0) is 17.9 Å². The number of anilines is 1. The van der Waals surface area contributed by atoms with Gasteiger partial charge in [-0.1, -0.05) is 17.7 Å². The molecule has 6 rings (SSSR count). The van der Waals surface area contributed by atoms with Crippen LogP contribution >= 0.6 is 11.6 Å². The molecule has 2 saturated heterocycles. The number of amides is 2. The molecule has 1 aromatic carbocycles. The van der Waals surface area contributed by atoms with E-state index < -0.39 is 0 Å². The van der Waals surface area contributed by atoms with Crippen molar-refractivity contribution in [1.82, 2.24) is 45.6 Å². The minimum Gasteiger partial charge on any atom is -0.355 e. The Morgan fingerprint density at radius 2 is 2.11 bits per heavy atom. The van der Waals surface area contributed by atoms with Crippen LogP contribution in [0.4, 0.5) is 5.82 Å². The van der Waals surface area contributed by atoms with Crippen LogP contribution in [-0.4, -0.2) is 66.4 Å². The number of hydrogen-bond acceptors (Lipinski definition) is 8. The number of carbonyl (C=O) groups is 2. The molecule has 0 bridgehead atoms. The van der Waals surface area contributed by atoms with Crippen LogP contribution in [0.25, 0.3) is 5.69 Å². The van der Waals surface area contributed by atoms with Crippen LogP contribution in [0, 0.1) is 18.8 Å². The number of rotatable bonds is 7. The van der Waals surface area contributed by atoms with Crippen LogP contribution in [0.2, 0.25) is 5.02 Å². The van der Waals surface area contributed by atoms with Crippen LogP contribution < -0.4 is 15.5 Å². The number of benzene rings is 1. The van der Waals surface area contributed by atoms with Gasteiger partial charge in [0.15, 0.2) is 0 Å². The third kappa shape index (κ3) is 4.70. The molecule has 0 unspecified atom stereocenters. The highest BCUT2D eigenvalue weighted by molar-refractivity contribution is 6.30. The van der Waals surface area contributed by atoms with E-state index in [0.717, 1.165) is 41.4 Å². The molecule has 2 atom stereocenters. The zero-order chi connectivity index (χ0) is 26.2. The van der Waals surface area contributed by atoms with Gasteiger partial charge < -0.3 is 15.5 Å². The lowest BCUT2D eigenvalue weighted by atomic mass is 10.0. The van der Waals surface area contributed by atoms with Crippen molar-refractivity contribution in [1.29, 1.82) is 0 Å². The molecule has 3 aromatic heterocycles. The van der Waals surface area contributed by atoms with Gasteiger partial charge in [-0.3, -0.25) is 14.3 Å². The summed E-state index contributed by atoms with van der Waals surface area (Å²) in [4.78, 5) is 31.8. The lowest BCUT2D eigenvalue weighted by Crippen LogP contribution is -2.29. The zero-order valence-electron chi connectivity index (χ0n) is 20.6. The highest BCUT2D eigenvalue weighted by Crippen LogP contribution is 2.30. The van der Waals surface area contributed by atoms with Crippen LogP contribution in [0.5, 0.6) is 0 Å². The van der Waals surface area contributed by atoms with Gasteiger partial charge in [-0.15, -0.1) is 5.10 Å². The second-order valence-corrected chi connectivity index (χ2v) is 10.0. The molecule has 12 nitrogen and oxygen atoms in total. The number of aromatic nitrogens is 7. The molecule has 2 fully saturated rings. The average Bonchev–Trinajstić information content (AvgIpc) is 3.71. The van der Waals surface area contributed by atoms with Gasteiger partial charge in [-0.25, -0.2) is 9.67 Å². The fraction of sp³-hybridized carbons (Fsp3) is 0.320. The fourth-order valence-electron chi connectivity index (χ4n) is 5.06. The standard InChI is InChI=1S/C25H25ClN10O2/c1-15-16(2-5-23(31-15)34-10-18-8-28-25(38)21(18)13-34)11-35-12-19(9-30-35)24(37)27-7-17-6-20(26)3-4-22(17)36-14-29-32-33-36/h2-6,9,12,14,18,21H,7-8,10-11,13H2,1H3,(H,27,37)(H,28,38)/t18-,21+/m0/s1. The van der Waals surface area contributed by atoms with E-state index in [9.17, 15) is 9.59 Å². The molecule has 0 aliphatic carbocycles. The first kappa shape index (κ1) is 24.0. The number of nitrogens with one attached hydrogen (secondary N) is 2. The Bertz CT molecular complexity index is 1500. The van der Waals surface area contributed by atoms with Crippen molar-refractivity contribution in [3.8, 4) is 5.69 Å². The SMILES string of the molecule is Cc1nc(N2C[C@@H]3CNC(=O)[C@@H]3C2)ccc1Cn1cc(C(=O)NCc2cc(Cl)ccc2-n2cnnn2)cn1. The third-order valence-corrected chi connectivity index (χ3v) is 7.36. The Morgan fingerprint density at radius 3 is 2.89 bits per heavy atom. The van der Waals surface area contributed by atoms with Crippen molar-refractivity contribution in [2.24, 2.45) is 11.8 Å². The van der Waals surface area contributed by atoms with E-state index in [4.69, 9.17) is 16.6 Å². The fourth-order valence-corrected chi connectivity index (χ4v) is 5.25. The van der Waals surface area contributed by atoms with E-state index in [1.54, 1.807) is 35.3 Å². The van der Waals surface area contributed by atoms with E-state index >= 15 is 0 Å². The summed E-state index contributed by atoms with van der Waals surface area (Å²) in [7, 11) is 0. The zero-order valence-corrected chi connectivity index (χ0v) is 21.3. The van der Waals surface area contributed by atoms with E-state index in [1.165, 1.54) is 11.0 Å². The van der Waals surface area contributed by atoms with Crippen LogP contribution in [0.15, 0.2) is 49.1 Å². The van der Waals surface area contributed by atoms with Crippen molar-refractivity contribution in [3.63, 3.8) is 0 Å². The summed E-state index contributed by atoms with van der Waals surface area (Å²) in [6, 6.07) is 9.33. The van der Waals surface area contributed by atoms with Gasteiger partial charge in [-0.05, 0) is 52.7 Å². The van der Waals surface area contributed by atoms with Gasteiger partial charge in [-0.2, -0.15) is 5.10 Å².